The first-order chi connectivity index (χ1) is 10.1. The first-order valence-corrected chi connectivity index (χ1v) is 7.30. The molecule has 0 fully saturated rings. The van der Waals surface area contributed by atoms with Crippen LogP contribution >= 0.6 is 11.3 Å². The van der Waals surface area contributed by atoms with Crippen molar-refractivity contribution in [1.29, 1.82) is 0 Å². The molecule has 0 bridgehead atoms. The zero-order chi connectivity index (χ0) is 14.8. The minimum Gasteiger partial charge on any atom is -0.444 e. The highest BCUT2D eigenvalue weighted by Gasteiger charge is 2.12. The van der Waals surface area contributed by atoms with Gasteiger partial charge in [-0.15, -0.1) is 11.3 Å². The number of amides is 1. The van der Waals surface area contributed by atoms with Gasteiger partial charge in [0.25, 0.3) is 5.91 Å². The second-order valence-electron chi connectivity index (χ2n) is 4.60. The molecule has 3 aromatic rings. The van der Waals surface area contributed by atoms with Gasteiger partial charge in [0, 0.05) is 17.1 Å². The average Bonchev–Trinajstić information content (AvgIpc) is 3.16. The number of carbonyl (C=O) groups is 1. The van der Waals surface area contributed by atoms with E-state index in [4.69, 9.17) is 4.42 Å². The lowest BCUT2D eigenvalue weighted by atomic mass is 10.2. The number of nitrogens with zero attached hydrogens (tertiary/aromatic N) is 2. The van der Waals surface area contributed by atoms with Gasteiger partial charge in [-0.2, -0.15) is 0 Å². The first-order valence-electron chi connectivity index (χ1n) is 6.42. The molecule has 0 saturated heterocycles. The molecule has 0 unspecified atom stereocenters. The summed E-state index contributed by atoms with van der Waals surface area (Å²) in [6.07, 6.45) is 3.40. The van der Waals surface area contributed by atoms with Gasteiger partial charge in [0.1, 0.15) is 11.5 Å². The summed E-state index contributed by atoms with van der Waals surface area (Å²) in [5.41, 5.74) is 2.26. The molecule has 6 nitrogen and oxygen atoms in total. The third-order valence-corrected chi connectivity index (χ3v) is 3.69. The van der Waals surface area contributed by atoms with Crippen molar-refractivity contribution < 1.29 is 9.21 Å². The van der Waals surface area contributed by atoms with Crippen molar-refractivity contribution in [1.82, 2.24) is 20.3 Å². The highest BCUT2D eigenvalue weighted by Crippen LogP contribution is 2.22. The Morgan fingerprint density at radius 1 is 1.48 bits per heavy atom. The number of aryl methyl sites for hydroxylation is 2. The van der Waals surface area contributed by atoms with Crippen molar-refractivity contribution in [3.05, 3.63) is 46.2 Å². The fraction of sp³-hybridized carbons (Fsp3) is 0.214. The standard InChI is InChI=1S/C14H14N4O2S/c1-8-4-16-13(20-8)6-17-14(19)11-3-10(5-15-11)12-7-21-9(2)18-12/h3-5,7,15H,6H2,1-2H3,(H,17,19). The van der Waals surface area contributed by atoms with Crippen molar-refractivity contribution >= 4 is 17.2 Å². The molecule has 3 aromatic heterocycles. The van der Waals surface area contributed by atoms with E-state index in [1.807, 2.05) is 19.2 Å². The molecule has 0 aliphatic carbocycles. The predicted molar refractivity (Wildman–Crippen MR) is 79.0 cm³/mol. The Morgan fingerprint density at radius 3 is 3.00 bits per heavy atom. The zero-order valence-electron chi connectivity index (χ0n) is 11.6. The van der Waals surface area contributed by atoms with Gasteiger partial charge in [-0.05, 0) is 19.9 Å². The van der Waals surface area contributed by atoms with Crippen LogP contribution in [-0.4, -0.2) is 20.9 Å². The number of H-pyrrole nitrogens is 1. The Bertz CT molecular complexity index is 771. The normalized spacial score (nSPS) is 10.8. The molecular weight excluding hydrogens is 288 g/mol. The maximum atomic E-state index is 12.0. The highest BCUT2D eigenvalue weighted by atomic mass is 32.1. The summed E-state index contributed by atoms with van der Waals surface area (Å²) in [5.74, 6) is 1.01. The highest BCUT2D eigenvalue weighted by molar-refractivity contribution is 7.09. The van der Waals surface area contributed by atoms with Crippen molar-refractivity contribution in [2.45, 2.75) is 20.4 Å². The molecule has 0 spiro atoms. The lowest BCUT2D eigenvalue weighted by Gasteiger charge is -1.99. The van der Waals surface area contributed by atoms with Crippen molar-refractivity contribution in [3.63, 3.8) is 0 Å². The molecule has 1 amide bonds. The third-order valence-electron chi connectivity index (χ3n) is 2.91. The summed E-state index contributed by atoms with van der Waals surface area (Å²) in [4.78, 5) is 23.4. The fourth-order valence-electron chi connectivity index (χ4n) is 1.90. The van der Waals surface area contributed by atoms with Crippen LogP contribution in [0.15, 0.2) is 28.3 Å². The summed E-state index contributed by atoms with van der Waals surface area (Å²) in [6, 6.07) is 1.78. The van der Waals surface area contributed by atoms with Gasteiger partial charge in [0.05, 0.1) is 23.4 Å². The van der Waals surface area contributed by atoms with Crippen molar-refractivity contribution in [2.24, 2.45) is 0 Å². The number of rotatable bonds is 4. The number of hydrogen-bond acceptors (Lipinski definition) is 5. The molecule has 2 N–H and O–H groups in total. The number of hydrogen-bond donors (Lipinski definition) is 2. The molecule has 108 valence electrons. The predicted octanol–water partition coefficient (Wildman–Crippen LogP) is 2.67. The van der Waals surface area contributed by atoms with Gasteiger partial charge in [-0.3, -0.25) is 4.79 Å². The minimum absolute atomic E-state index is 0.205. The van der Waals surface area contributed by atoms with Crippen molar-refractivity contribution in [3.8, 4) is 11.3 Å². The van der Waals surface area contributed by atoms with Crippen LogP contribution in [0.1, 0.15) is 27.1 Å². The van der Waals surface area contributed by atoms with E-state index < -0.39 is 0 Å². The fourth-order valence-corrected chi connectivity index (χ4v) is 2.53. The van der Waals surface area contributed by atoms with Crippen LogP contribution in [0, 0.1) is 13.8 Å². The van der Waals surface area contributed by atoms with E-state index in [0.29, 0.717) is 11.6 Å². The number of thiazole rings is 1. The molecular formula is C14H14N4O2S. The minimum atomic E-state index is -0.205. The molecule has 21 heavy (non-hydrogen) atoms. The van der Waals surface area contributed by atoms with Crippen LogP contribution in [0.5, 0.6) is 0 Å². The topological polar surface area (TPSA) is 83.8 Å². The van der Waals surface area contributed by atoms with Gasteiger partial charge in [0.2, 0.25) is 5.89 Å². The van der Waals surface area contributed by atoms with E-state index in [-0.39, 0.29) is 12.5 Å². The summed E-state index contributed by atoms with van der Waals surface area (Å²) in [5, 5.41) is 5.72. The number of aromatic nitrogens is 3. The van der Waals surface area contributed by atoms with E-state index >= 15 is 0 Å². The van der Waals surface area contributed by atoms with E-state index in [2.05, 4.69) is 20.3 Å². The van der Waals surface area contributed by atoms with E-state index in [1.54, 1.807) is 29.8 Å². The SMILES string of the molecule is Cc1cnc(CNC(=O)c2cc(-c3csc(C)n3)c[nH]2)o1. The average molecular weight is 302 g/mol. The quantitative estimate of drug-likeness (QED) is 0.776. The summed E-state index contributed by atoms with van der Waals surface area (Å²) < 4.78 is 5.30. The molecule has 7 heteroatoms. The Kier molecular flexibility index (Phi) is 3.57. The second kappa shape index (κ2) is 5.53. The lowest BCUT2D eigenvalue weighted by Crippen LogP contribution is -2.23. The molecule has 0 aromatic carbocycles. The Balaban J connectivity index is 1.66. The molecule has 3 heterocycles. The van der Waals surface area contributed by atoms with Gasteiger partial charge >= 0.3 is 0 Å². The van der Waals surface area contributed by atoms with E-state index in [1.165, 1.54) is 0 Å². The first kappa shape index (κ1) is 13.6. The molecule has 0 radical (unpaired) electrons. The van der Waals surface area contributed by atoms with Crippen LogP contribution < -0.4 is 5.32 Å². The Hall–Kier alpha value is -2.41. The van der Waals surface area contributed by atoms with Crippen LogP contribution in [0.3, 0.4) is 0 Å². The second-order valence-corrected chi connectivity index (χ2v) is 5.66. The molecule has 0 atom stereocenters. The molecule has 0 aliphatic rings. The molecule has 0 aliphatic heterocycles. The monoisotopic (exact) mass is 302 g/mol. The van der Waals surface area contributed by atoms with Crippen LogP contribution in [0.2, 0.25) is 0 Å². The molecule has 3 rings (SSSR count). The largest absolute Gasteiger partial charge is 0.444 e. The Labute approximate surface area is 125 Å². The smallest absolute Gasteiger partial charge is 0.268 e. The van der Waals surface area contributed by atoms with Crippen LogP contribution in [0.25, 0.3) is 11.3 Å². The maximum absolute atomic E-state index is 12.0. The number of nitrogens with one attached hydrogen (secondary N) is 2. The van der Waals surface area contributed by atoms with Gasteiger partial charge in [-0.25, -0.2) is 9.97 Å². The number of oxazole rings is 1. The number of aromatic amines is 1. The number of carbonyl (C=O) groups excluding carboxylic acids is 1. The van der Waals surface area contributed by atoms with E-state index in [0.717, 1.165) is 22.0 Å². The van der Waals surface area contributed by atoms with Crippen molar-refractivity contribution in [2.75, 3.05) is 0 Å². The van der Waals surface area contributed by atoms with Crippen LogP contribution in [0.4, 0.5) is 0 Å². The third kappa shape index (κ3) is 3.03. The van der Waals surface area contributed by atoms with Gasteiger partial charge in [0.15, 0.2) is 0 Å². The molecule has 0 saturated carbocycles. The lowest BCUT2D eigenvalue weighted by molar-refractivity contribution is 0.0942. The van der Waals surface area contributed by atoms with Gasteiger partial charge < -0.3 is 14.7 Å². The van der Waals surface area contributed by atoms with Crippen LogP contribution in [-0.2, 0) is 6.54 Å². The Morgan fingerprint density at radius 2 is 2.33 bits per heavy atom. The summed E-state index contributed by atoms with van der Waals surface area (Å²) in [7, 11) is 0. The summed E-state index contributed by atoms with van der Waals surface area (Å²) in [6.45, 7) is 4.02. The maximum Gasteiger partial charge on any atom is 0.268 e. The zero-order valence-corrected chi connectivity index (χ0v) is 12.5. The summed E-state index contributed by atoms with van der Waals surface area (Å²) >= 11 is 1.58. The van der Waals surface area contributed by atoms with E-state index in [9.17, 15) is 4.79 Å². The van der Waals surface area contributed by atoms with Gasteiger partial charge in [-0.1, -0.05) is 0 Å².